The van der Waals surface area contributed by atoms with Gasteiger partial charge in [0, 0.05) is 30.9 Å². The van der Waals surface area contributed by atoms with Crippen molar-refractivity contribution in [2.45, 2.75) is 5.92 Å². The number of amides is 1. The lowest BCUT2D eigenvalue weighted by atomic mass is 9.91. The SMILES string of the molecule is O=C(NCC(c1ccccc1)c1ccccc1)c1cc(F)cc2nccnc12. The maximum absolute atomic E-state index is 13.9. The Morgan fingerprint density at radius 1 is 0.893 bits per heavy atom. The summed E-state index contributed by atoms with van der Waals surface area (Å²) in [4.78, 5) is 21.1. The third kappa shape index (κ3) is 3.74. The zero-order chi connectivity index (χ0) is 19.3. The van der Waals surface area contributed by atoms with E-state index in [-0.39, 0.29) is 17.4 Å². The molecule has 0 atom stereocenters. The summed E-state index contributed by atoms with van der Waals surface area (Å²) >= 11 is 0. The highest BCUT2D eigenvalue weighted by molar-refractivity contribution is 6.04. The third-order valence-corrected chi connectivity index (χ3v) is 4.65. The normalized spacial score (nSPS) is 10.9. The summed E-state index contributed by atoms with van der Waals surface area (Å²) in [6.45, 7) is 0.380. The Morgan fingerprint density at radius 3 is 2.14 bits per heavy atom. The van der Waals surface area contributed by atoms with Crippen LogP contribution in [0.15, 0.2) is 85.2 Å². The number of hydrogen-bond acceptors (Lipinski definition) is 3. The fourth-order valence-electron chi connectivity index (χ4n) is 3.30. The molecule has 0 aliphatic rings. The molecule has 0 aliphatic carbocycles. The molecule has 0 aliphatic heterocycles. The Balaban J connectivity index is 1.62. The largest absolute Gasteiger partial charge is 0.351 e. The van der Waals surface area contributed by atoms with Crippen LogP contribution in [0.5, 0.6) is 0 Å². The molecule has 4 rings (SSSR count). The van der Waals surface area contributed by atoms with Crippen molar-refractivity contribution in [2.24, 2.45) is 0 Å². The molecule has 0 spiro atoms. The number of benzene rings is 3. The van der Waals surface area contributed by atoms with Gasteiger partial charge >= 0.3 is 0 Å². The van der Waals surface area contributed by atoms with E-state index in [0.717, 1.165) is 11.1 Å². The Bertz CT molecular complexity index is 1060. The lowest BCUT2D eigenvalue weighted by Gasteiger charge is -2.19. The topological polar surface area (TPSA) is 54.9 Å². The molecule has 138 valence electrons. The quantitative estimate of drug-likeness (QED) is 0.568. The van der Waals surface area contributed by atoms with Crippen molar-refractivity contribution in [2.75, 3.05) is 6.54 Å². The predicted molar refractivity (Wildman–Crippen MR) is 107 cm³/mol. The second-order valence-electron chi connectivity index (χ2n) is 6.46. The molecule has 5 heteroatoms. The summed E-state index contributed by atoms with van der Waals surface area (Å²) in [6.07, 6.45) is 2.97. The van der Waals surface area contributed by atoms with Crippen LogP contribution in [0.1, 0.15) is 27.4 Å². The second-order valence-corrected chi connectivity index (χ2v) is 6.46. The van der Waals surface area contributed by atoms with Gasteiger partial charge in [-0.25, -0.2) is 4.39 Å². The van der Waals surface area contributed by atoms with Gasteiger partial charge in [0.25, 0.3) is 5.91 Å². The van der Waals surface area contributed by atoms with Crippen LogP contribution in [0.25, 0.3) is 11.0 Å². The number of hydrogen-bond donors (Lipinski definition) is 1. The molecule has 0 unspecified atom stereocenters. The summed E-state index contributed by atoms with van der Waals surface area (Å²) in [5.74, 6) is -0.903. The number of aromatic nitrogens is 2. The molecule has 1 amide bonds. The molecule has 0 bridgehead atoms. The van der Waals surface area contributed by atoms with Crippen molar-refractivity contribution >= 4 is 16.9 Å². The van der Waals surface area contributed by atoms with Crippen molar-refractivity contribution in [3.8, 4) is 0 Å². The van der Waals surface area contributed by atoms with E-state index < -0.39 is 5.82 Å². The molecule has 1 N–H and O–H groups in total. The molecule has 0 radical (unpaired) electrons. The van der Waals surface area contributed by atoms with Crippen LogP contribution in [-0.4, -0.2) is 22.4 Å². The first-order chi connectivity index (χ1) is 13.7. The molecule has 28 heavy (non-hydrogen) atoms. The molecular formula is C23H18FN3O. The number of carbonyl (C=O) groups is 1. The lowest BCUT2D eigenvalue weighted by molar-refractivity contribution is 0.0953. The van der Waals surface area contributed by atoms with Crippen LogP contribution in [0.2, 0.25) is 0 Å². The molecule has 0 saturated carbocycles. The minimum Gasteiger partial charge on any atom is -0.351 e. The first-order valence-corrected chi connectivity index (χ1v) is 9.01. The van der Waals surface area contributed by atoms with E-state index in [1.165, 1.54) is 24.5 Å². The molecule has 4 nitrogen and oxygen atoms in total. The van der Waals surface area contributed by atoms with Crippen LogP contribution in [-0.2, 0) is 0 Å². The van der Waals surface area contributed by atoms with E-state index in [1.54, 1.807) is 0 Å². The van der Waals surface area contributed by atoms with Crippen LogP contribution >= 0.6 is 0 Å². The molecule has 0 saturated heterocycles. The fraction of sp³-hybridized carbons (Fsp3) is 0.0870. The number of rotatable bonds is 5. The van der Waals surface area contributed by atoms with Gasteiger partial charge in [-0.1, -0.05) is 60.7 Å². The Hall–Kier alpha value is -3.60. The molecule has 4 aromatic rings. The first-order valence-electron chi connectivity index (χ1n) is 9.01. The van der Waals surface area contributed by atoms with Gasteiger partial charge in [-0.05, 0) is 17.2 Å². The Morgan fingerprint density at radius 2 is 1.50 bits per heavy atom. The number of fused-ring (bicyclic) bond motifs is 1. The summed E-state index contributed by atoms with van der Waals surface area (Å²) in [7, 11) is 0. The Kier molecular flexibility index (Phi) is 5.06. The first kappa shape index (κ1) is 17.8. The van der Waals surface area contributed by atoms with E-state index >= 15 is 0 Å². The van der Waals surface area contributed by atoms with Gasteiger partial charge in [-0.15, -0.1) is 0 Å². The zero-order valence-electron chi connectivity index (χ0n) is 15.0. The summed E-state index contributed by atoms with van der Waals surface area (Å²) in [5, 5.41) is 2.94. The van der Waals surface area contributed by atoms with E-state index in [2.05, 4.69) is 15.3 Å². The smallest absolute Gasteiger partial charge is 0.253 e. The van der Waals surface area contributed by atoms with Crippen LogP contribution in [0, 0.1) is 5.82 Å². The standard InChI is InChI=1S/C23H18FN3O/c24-18-13-19(22-21(14-18)25-11-12-26-22)23(28)27-15-20(16-7-3-1-4-8-16)17-9-5-2-6-10-17/h1-14,20H,15H2,(H,27,28). The highest BCUT2D eigenvalue weighted by atomic mass is 19.1. The second kappa shape index (κ2) is 7.96. The Labute approximate surface area is 162 Å². The number of nitrogens with one attached hydrogen (secondary N) is 1. The van der Waals surface area contributed by atoms with Crippen LogP contribution in [0.3, 0.4) is 0 Å². The van der Waals surface area contributed by atoms with Gasteiger partial charge < -0.3 is 5.32 Å². The fourth-order valence-corrected chi connectivity index (χ4v) is 3.30. The van der Waals surface area contributed by atoms with Gasteiger partial charge in [0.1, 0.15) is 11.3 Å². The maximum Gasteiger partial charge on any atom is 0.253 e. The van der Waals surface area contributed by atoms with E-state index in [9.17, 15) is 9.18 Å². The van der Waals surface area contributed by atoms with E-state index in [4.69, 9.17) is 0 Å². The number of carbonyl (C=O) groups excluding carboxylic acids is 1. The molecule has 3 aromatic carbocycles. The maximum atomic E-state index is 13.9. The predicted octanol–water partition coefficient (Wildman–Crippen LogP) is 4.33. The van der Waals surface area contributed by atoms with Crippen molar-refractivity contribution < 1.29 is 9.18 Å². The van der Waals surface area contributed by atoms with Crippen molar-refractivity contribution in [3.63, 3.8) is 0 Å². The van der Waals surface area contributed by atoms with Crippen molar-refractivity contribution in [1.82, 2.24) is 15.3 Å². The molecular weight excluding hydrogens is 353 g/mol. The van der Waals surface area contributed by atoms with Crippen molar-refractivity contribution in [1.29, 1.82) is 0 Å². The monoisotopic (exact) mass is 371 g/mol. The van der Waals surface area contributed by atoms with Gasteiger partial charge in [-0.3, -0.25) is 14.8 Å². The average Bonchev–Trinajstić information content (AvgIpc) is 2.74. The highest BCUT2D eigenvalue weighted by Gasteiger charge is 2.18. The minimum atomic E-state index is -0.513. The highest BCUT2D eigenvalue weighted by Crippen LogP contribution is 2.24. The van der Waals surface area contributed by atoms with Gasteiger partial charge in [-0.2, -0.15) is 0 Å². The van der Waals surface area contributed by atoms with Gasteiger partial charge in [0.15, 0.2) is 0 Å². The molecule has 0 fully saturated rings. The molecule has 1 aromatic heterocycles. The van der Waals surface area contributed by atoms with Gasteiger partial charge in [0.05, 0.1) is 11.1 Å². The number of halogens is 1. The minimum absolute atomic E-state index is 0.0164. The average molecular weight is 371 g/mol. The summed E-state index contributed by atoms with van der Waals surface area (Å²) in [6, 6.07) is 22.4. The van der Waals surface area contributed by atoms with Crippen LogP contribution < -0.4 is 5.32 Å². The van der Waals surface area contributed by atoms with E-state index in [1.807, 2.05) is 60.7 Å². The number of nitrogens with zero attached hydrogens (tertiary/aromatic N) is 2. The zero-order valence-corrected chi connectivity index (χ0v) is 15.0. The van der Waals surface area contributed by atoms with Crippen molar-refractivity contribution in [3.05, 3.63) is 108 Å². The summed E-state index contributed by atoms with van der Waals surface area (Å²) < 4.78 is 13.9. The molecule has 1 heterocycles. The van der Waals surface area contributed by atoms with Gasteiger partial charge in [0.2, 0.25) is 0 Å². The lowest BCUT2D eigenvalue weighted by Crippen LogP contribution is -2.29. The van der Waals surface area contributed by atoms with Crippen LogP contribution in [0.4, 0.5) is 4.39 Å². The third-order valence-electron chi connectivity index (χ3n) is 4.65. The summed E-state index contributed by atoms with van der Waals surface area (Å²) in [5.41, 5.74) is 3.12. The van der Waals surface area contributed by atoms with E-state index in [0.29, 0.717) is 17.6 Å².